The molecular formula is C27H23Br2ClN2O5. The predicted molar refractivity (Wildman–Crippen MR) is 145 cm³/mol. The van der Waals surface area contributed by atoms with Crippen molar-refractivity contribution in [3.63, 3.8) is 0 Å². The van der Waals surface area contributed by atoms with Crippen LogP contribution in [0, 0.1) is 36.5 Å². The average Bonchev–Trinajstić information content (AvgIpc) is 3.58. The first-order valence-electron chi connectivity index (χ1n) is 12.2. The highest BCUT2D eigenvalue weighted by Gasteiger charge is 2.66. The third-order valence-electron chi connectivity index (χ3n) is 8.21. The van der Waals surface area contributed by atoms with Crippen molar-refractivity contribution >= 4 is 78.5 Å². The molecule has 6 rings (SSSR count). The molecule has 2 saturated carbocycles. The van der Waals surface area contributed by atoms with E-state index in [1.54, 1.807) is 54.3 Å². The number of hydrogen-bond donors (Lipinski definition) is 0. The number of carbonyl (C=O) groups is 4. The van der Waals surface area contributed by atoms with E-state index >= 15 is 0 Å². The van der Waals surface area contributed by atoms with Crippen LogP contribution in [0.2, 0.25) is 5.02 Å². The zero-order valence-corrected chi connectivity index (χ0v) is 23.7. The summed E-state index contributed by atoms with van der Waals surface area (Å²) in [7, 11) is 0. The number of nitrogens with zero attached hydrogens (tertiary/aromatic N) is 2. The number of halogens is 3. The molecule has 0 aromatic heterocycles. The summed E-state index contributed by atoms with van der Waals surface area (Å²) in [6, 6.07) is 11.8. The van der Waals surface area contributed by atoms with E-state index in [2.05, 4.69) is 31.9 Å². The number of aryl methyl sites for hydroxylation is 1. The number of fused-ring (bicyclic) bond motifs is 5. The highest BCUT2D eigenvalue weighted by atomic mass is 79.9. The summed E-state index contributed by atoms with van der Waals surface area (Å²) < 4.78 is 5.61. The third kappa shape index (κ3) is 3.96. The lowest BCUT2D eigenvalue weighted by molar-refractivity contribution is -0.139. The fraction of sp³-hybridized carbons (Fsp3) is 0.407. The second kappa shape index (κ2) is 9.20. The van der Waals surface area contributed by atoms with Crippen LogP contribution in [0.3, 0.4) is 0 Å². The molecule has 10 heteroatoms. The Morgan fingerprint density at radius 2 is 1.59 bits per heavy atom. The summed E-state index contributed by atoms with van der Waals surface area (Å²) in [6.07, 6.45) is 0.934. The van der Waals surface area contributed by atoms with Crippen molar-refractivity contribution in [2.24, 2.45) is 29.6 Å². The molecular weight excluding hydrogens is 628 g/mol. The van der Waals surface area contributed by atoms with Crippen LogP contribution < -0.4 is 14.5 Å². The van der Waals surface area contributed by atoms with Gasteiger partial charge < -0.3 is 9.64 Å². The maximum absolute atomic E-state index is 13.4. The van der Waals surface area contributed by atoms with Gasteiger partial charge >= 0.3 is 5.97 Å². The summed E-state index contributed by atoms with van der Waals surface area (Å²) in [6.45, 7) is 2.01. The maximum Gasteiger partial charge on any atom is 0.316 e. The summed E-state index contributed by atoms with van der Waals surface area (Å²) in [5, 5.41) is 0.567. The SMILES string of the molecule is Cc1cc(OC(=O)[C@@H]2CC(=O)N(c3ccc(Cl)cc3)C2)ccc1N1C(=O)[C@@H]2[C@H]3C[C@@H]([C@@H](Br)[C@H]3Br)[C@H]2C1=O. The lowest BCUT2D eigenvalue weighted by Gasteiger charge is -2.28. The number of alkyl halides is 2. The van der Waals surface area contributed by atoms with Gasteiger partial charge in [0, 0.05) is 33.3 Å². The van der Waals surface area contributed by atoms with Crippen LogP contribution in [0.5, 0.6) is 5.75 Å². The van der Waals surface area contributed by atoms with Crippen molar-refractivity contribution < 1.29 is 23.9 Å². The monoisotopic (exact) mass is 648 g/mol. The van der Waals surface area contributed by atoms with E-state index in [0.717, 1.165) is 6.42 Å². The highest BCUT2D eigenvalue weighted by molar-refractivity contribution is 9.12. The standard InChI is InChI=1S/C27H23Br2ClN2O5/c1-12-8-16(37-27(36)13-9-20(33)31(11-13)15-4-2-14(30)3-5-15)6-7-19(12)32-25(34)21-17-10-18(22(21)26(32)35)24(29)23(17)28/h2-8,13,17-18,21-24H,9-11H2,1H3/t13-,17-,18-,21-,22-,23-,24+/m1/s1. The molecule has 192 valence electrons. The van der Waals surface area contributed by atoms with Gasteiger partial charge in [-0.3, -0.25) is 19.2 Å². The van der Waals surface area contributed by atoms with Crippen LogP contribution in [0.4, 0.5) is 11.4 Å². The van der Waals surface area contributed by atoms with E-state index in [-0.39, 0.29) is 64.0 Å². The Morgan fingerprint density at radius 1 is 0.973 bits per heavy atom. The minimum atomic E-state index is -0.603. The van der Waals surface area contributed by atoms with Crippen LogP contribution >= 0.6 is 43.5 Å². The van der Waals surface area contributed by atoms with Gasteiger partial charge in [0.15, 0.2) is 0 Å². The second-order valence-electron chi connectivity index (χ2n) is 10.3. The molecule has 7 nitrogen and oxygen atoms in total. The molecule has 0 unspecified atom stereocenters. The van der Waals surface area contributed by atoms with Crippen LogP contribution in [0.25, 0.3) is 0 Å². The number of amides is 3. The quantitative estimate of drug-likeness (QED) is 0.204. The third-order valence-corrected chi connectivity index (χ3v) is 11.7. The molecule has 7 atom stereocenters. The Balaban J connectivity index is 1.16. The molecule has 2 aromatic rings. The van der Waals surface area contributed by atoms with Gasteiger partial charge in [0.25, 0.3) is 0 Å². The molecule has 0 radical (unpaired) electrons. The molecule has 2 aliphatic carbocycles. The molecule has 2 aromatic carbocycles. The number of imide groups is 1. The maximum atomic E-state index is 13.4. The van der Waals surface area contributed by atoms with Gasteiger partial charge in [0.05, 0.1) is 23.4 Å². The summed E-state index contributed by atoms with van der Waals surface area (Å²) in [4.78, 5) is 55.3. The van der Waals surface area contributed by atoms with Gasteiger partial charge in [0.2, 0.25) is 17.7 Å². The lowest BCUT2D eigenvalue weighted by Crippen LogP contribution is -2.37. The van der Waals surface area contributed by atoms with Gasteiger partial charge in [-0.2, -0.15) is 0 Å². The first kappa shape index (κ1) is 25.1. The van der Waals surface area contributed by atoms with Gasteiger partial charge in [-0.25, -0.2) is 4.90 Å². The van der Waals surface area contributed by atoms with Crippen molar-refractivity contribution in [2.45, 2.75) is 29.4 Å². The van der Waals surface area contributed by atoms with Gasteiger partial charge in [0.1, 0.15) is 5.75 Å². The van der Waals surface area contributed by atoms with Gasteiger partial charge in [-0.05, 0) is 73.2 Å². The minimum absolute atomic E-state index is 0.0591. The van der Waals surface area contributed by atoms with Crippen LogP contribution in [-0.4, -0.2) is 39.9 Å². The molecule has 4 aliphatic rings. The summed E-state index contributed by atoms with van der Waals surface area (Å²) in [5.74, 6) is -1.55. The first-order chi connectivity index (χ1) is 17.7. The molecule has 37 heavy (non-hydrogen) atoms. The zero-order valence-electron chi connectivity index (χ0n) is 19.8. The Bertz CT molecular complexity index is 1300. The van der Waals surface area contributed by atoms with Crippen molar-refractivity contribution in [1.82, 2.24) is 0 Å². The Labute approximate surface area is 235 Å². The highest BCUT2D eigenvalue weighted by Crippen LogP contribution is 2.60. The van der Waals surface area contributed by atoms with Crippen molar-refractivity contribution in [1.29, 1.82) is 0 Å². The number of hydrogen-bond acceptors (Lipinski definition) is 5. The van der Waals surface area contributed by atoms with Crippen LogP contribution in [-0.2, 0) is 19.2 Å². The summed E-state index contributed by atoms with van der Waals surface area (Å²) in [5.41, 5.74) is 1.86. The van der Waals surface area contributed by atoms with Gasteiger partial charge in [-0.1, -0.05) is 43.5 Å². The van der Waals surface area contributed by atoms with Crippen LogP contribution in [0.1, 0.15) is 18.4 Å². The zero-order chi connectivity index (χ0) is 26.2. The van der Waals surface area contributed by atoms with Gasteiger partial charge in [-0.15, -0.1) is 0 Å². The number of benzene rings is 2. The van der Waals surface area contributed by atoms with E-state index < -0.39 is 11.9 Å². The number of esters is 1. The molecule has 2 bridgehead atoms. The van der Waals surface area contributed by atoms with E-state index in [0.29, 0.717) is 27.7 Å². The first-order valence-corrected chi connectivity index (χ1v) is 14.4. The second-order valence-corrected chi connectivity index (χ2v) is 12.8. The van der Waals surface area contributed by atoms with Crippen LogP contribution in [0.15, 0.2) is 42.5 Å². The number of carbonyl (C=O) groups excluding carboxylic acids is 4. The largest absolute Gasteiger partial charge is 0.426 e. The van der Waals surface area contributed by atoms with E-state index in [1.807, 2.05) is 0 Å². The lowest BCUT2D eigenvalue weighted by atomic mass is 9.81. The average molecular weight is 651 g/mol. The minimum Gasteiger partial charge on any atom is -0.426 e. The summed E-state index contributed by atoms with van der Waals surface area (Å²) >= 11 is 13.4. The Kier molecular flexibility index (Phi) is 6.24. The molecule has 2 saturated heterocycles. The molecule has 0 spiro atoms. The number of ether oxygens (including phenoxy) is 1. The molecule has 2 heterocycles. The van der Waals surface area contributed by atoms with Crippen molar-refractivity contribution in [3.8, 4) is 5.75 Å². The van der Waals surface area contributed by atoms with E-state index in [1.165, 1.54) is 4.90 Å². The molecule has 2 aliphatic heterocycles. The fourth-order valence-electron chi connectivity index (χ4n) is 6.46. The molecule has 0 N–H and O–H groups in total. The topological polar surface area (TPSA) is 84.0 Å². The Hall–Kier alpha value is -2.23. The van der Waals surface area contributed by atoms with Crippen molar-refractivity contribution in [3.05, 3.63) is 53.1 Å². The normalized spacial score (nSPS) is 32.4. The van der Waals surface area contributed by atoms with E-state index in [9.17, 15) is 19.2 Å². The number of rotatable bonds is 4. The fourth-order valence-corrected chi connectivity index (χ4v) is 8.46. The van der Waals surface area contributed by atoms with Crippen molar-refractivity contribution in [2.75, 3.05) is 16.3 Å². The molecule has 4 fully saturated rings. The Morgan fingerprint density at radius 3 is 2.19 bits per heavy atom. The number of anilines is 2. The predicted octanol–water partition coefficient (Wildman–Crippen LogP) is 4.89. The van der Waals surface area contributed by atoms with E-state index in [4.69, 9.17) is 16.3 Å². The smallest absolute Gasteiger partial charge is 0.316 e. The molecule has 3 amide bonds.